The first kappa shape index (κ1) is 22.9. The molecule has 172 valence electrons. The minimum atomic E-state index is -0.0645. The standard InChI is InChI=1S/C27H29Br2N3O/c28-21-13-9-18(10-14-21)17-20-5-4-8-24-25(20)31-32(26(24)19-11-15-22(29)16-12-19)27(33)30-23-6-2-1-3-7-23/h9-17,23-24,26H,1-8H2,(H,30,33). The van der Waals surface area contributed by atoms with Gasteiger partial charge < -0.3 is 5.32 Å². The summed E-state index contributed by atoms with van der Waals surface area (Å²) in [4.78, 5) is 13.5. The van der Waals surface area contributed by atoms with Gasteiger partial charge in [0.2, 0.25) is 0 Å². The fourth-order valence-corrected chi connectivity index (χ4v) is 5.94. The van der Waals surface area contributed by atoms with Gasteiger partial charge in [0.25, 0.3) is 0 Å². The van der Waals surface area contributed by atoms with Crippen LogP contribution in [0.2, 0.25) is 0 Å². The zero-order valence-electron chi connectivity index (χ0n) is 18.6. The minimum Gasteiger partial charge on any atom is -0.334 e. The van der Waals surface area contributed by atoms with Crippen LogP contribution in [0.25, 0.3) is 6.08 Å². The molecule has 33 heavy (non-hydrogen) atoms. The van der Waals surface area contributed by atoms with Crippen LogP contribution in [0.15, 0.2) is 68.2 Å². The van der Waals surface area contributed by atoms with Crippen LogP contribution in [0.1, 0.15) is 68.5 Å². The molecule has 0 spiro atoms. The lowest BCUT2D eigenvalue weighted by molar-refractivity contribution is 0.167. The average molecular weight is 571 g/mol. The van der Waals surface area contributed by atoms with Crippen LogP contribution in [0, 0.1) is 5.92 Å². The summed E-state index contributed by atoms with van der Waals surface area (Å²) in [5, 5.41) is 10.0. The fraction of sp³-hybridized carbons (Fsp3) is 0.407. The molecule has 2 saturated carbocycles. The third-order valence-corrected chi connectivity index (χ3v) is 8.12. The van der Waals surface area contributed by atoms with Gasteiger partial charge in [0.1, 0.15) is 0 Å². The molecule has 0 radical (unpaired) electrons. The second-order valence-electron chi connectivity index (χ2n) is 9.33. The summed E-state index contributed by atoms with van der Waals surface area (Å²) in [6.07, 6.45) is 11.2. The van der Waals surface area contributed by atoms with Gasteiger partial charge in [0.15, 0.2) is 0 Å². The van der Waals surface area contributed by atoms with Gasteiger partial charge in [0.05, 0.1) is 11.8 Å². The molecule has 0 bridgehead atoms. The van der Waals surface area contributed by atoms with E-state index in [0.717, 1.165) is 52.3 Å². The molecule has 2 amide bonds. The quantitative estimate of drug-likeness (QED) is 0.401. The molecule has 2 unspecified atom stereocenters. The van der Waals surface area contributed by atoms with E-state index in [1.165, 1.54) is 30.4 Å². The monoisotopic (exact) mass is 569 g/mol. The second-order valence-corrected chi connectivity index (χ2v) is 11.2. The first-order valence-electron chi connectivity index (χ1n) is 12.0. The summed E-state index contributed by atoms with van der Waals surface area (Å²) in [5.74, 6) is 0.221. The highest BCUT2D eigenvalue weighted by molar-refractivity contribution is 9.10. The second kappa shape index (κ2) is 10.1. The van der Waals surface area contributed by atoms with Crippen LogP contribution in [0.4, 0.5) is 4.79 Å². The van der Waals surface area contributed by atoms with Gasteiger partial charge in [-0.3, -0.25) is 0 Å². The van der Waals surface area contributed by atoms with Crippen molar-refractivity contribution in [2.24, 2.45) is 11.0 Å². The Bertz CT molecular complexity index is 1060. The number of nitrogens with one attached hydrogen (secondary N) is 1. The summed E-state index contributed by atoms with van der Waals surface area (Å²) in [6.45, 7) is 0. The number of carbonyl (C=O) groups is 1. The molecular formula is C27H29Br2N3O. The number of allylic oxidation sites excluding steroid dienone is 1. The Hall–Kier alpha value is -1.92. The van der Waals surface area contributed by atoms with Crippen LogP contribution in [-0.4, -0.2) is 22.8 Å². The van der Waals surface area contributed by atoms with Crippen LogP contribution < -0.4 is 5.32 Å². The summed E-state index contributed by atoms with van der Waals surface area (Å²) in [7, 11) is 0. The van der Waals surface area contributed by atoms with Crippen LogP contribution in [0.5, 0.6) is 0 Å². The normalized spacial score (nSPS) is 24.5. The lowest BCUT2D eigenvalue weighted by Gasteiger charge is -2.31. The third-order valence-electron chi connectivity index (χ3n) is 7.06. The van der Waals surface area contributed by atoms with Gasteiger partial charge in [-0.15, -0.1) is 0 Å². The molecule has 1 heterocycles. The first-order chi connectivity index (χ1) is 16.1. The number of hydrogen-bond acceptors (Lipinski definition) is 2. The first-order valence-corrected chi connectivity index (χ1v) is 13.6. The molecule has 2 atom stereocenters. The van der Waals surface area contributed by atoms with Crippen molar-refractivity contribution in [1.82, 2.24) is 10.3 Å². The lowest BCUT2D eigenvalue weighted by atomic mass is 9.77. The number of carbonyl (C=O) groups excluding carboxylic acids is 1. The van der Waals surface area contributed by atoms with Gasteiger partial charge >= 0.3 is 6.03 Å². The van der Waals surface area contributed by atoms with E-state index in [4.69, 9.17) is 5.10 Å². The van der Waals surface area contributed by atoms with Gasteiger partial charge in [-0.05, 0) is 79.1 Å². The molecule has 4 nitrogen and oxygen atoms in total. The summed E-state index contributed by atoms with van der Waals surface area (Å²) >= 11 is 7.07. The number of urea groups is 1. The zero-order chi connectivity index (χ0) is 22.8. The SMILES string of the molecule is O=C(NC1CCCCC1)N1N=C2C(=Cc3ccc(Br)cc3)CCCC2C1c1ccc(Br)cc1. The lowest BCUT2D eigenvalue weighted by Crippen LogP contribution is -2.44. The molecular weight excluding hydrogens is 542 g/mol. The van der Waals surface area contributed by atoms with E-state index in [9.17, 15) is 4.79 Å². The van der Waals surface area contributed by atoms with Gasteiger partial charge in [-0.2, -0.15) is 5.10 Å². The van der Waals surface area contributed by atoms with E-state index in [-0.39, 0.29) is 24.0 Å². The Balaban J connectivity index is 1.48. The van der Waals surface area contributed by atoms with Crippen LogP contribution >= 0.6 is 31.9 Å². The molecule has 1 N–H and O–H groups in total. The van der Waals surface area contributed by atoms with Crippen molar-refractivity contribution >= 4 is 49.7 Å². The Morgan fingerprint density at radius 3 is 2.27 bits per heavy atom. The van der Waals surface area contributed by atoms with E-state index >= 15 is 0 Å². The number of benzene rings is 2. The van der Waals surface area contributed by atoms with E-state index in [1.807, 2.05) is 0 Å². The number of fused-ring (bicyclic) bond motifs is 1. The van der Waals surface area contributed by atoms with E-state index in [1.54, 1.807) is 5.01 Å². The maximum absolute atomic E-state index is 13.5. The molecule has 2 aromatic carbocycles. The Morgan fingerprint density at radius 1 is 0.909 bits per heavy atom. The highest BCUT2D eigenvalue weighted by Gasteiger charge is 2.44. The number of amides is 2. The van der Waals surface area contributed by atoms with Gasteiger partial charge in [-0.1, -0.05) is 75.4 Å². The molecule has 5 rings (SSSR count). The topological polar surface area (TPSA) is 44.7 Å². The van der Waals surface area contributed by atoms with Crippen LogP contribution in [0.3, 0.4) is 0 Å². The summed E-state index contributed by atoms with van der Waals surface area (Å²) in [6, 6.07) is 16.9. The van der Waals surface area contributed by atoms with E-state index < -0.39 is 0 Å². The summed E-state index contributed by atoms with van der Waals surface area (Å²) in [5.41, 5.74) is 4.65. The fourth-order valence-electron chi connectivity index (χ4n) is 5.41. The predicted molar refractivity (Wildman–Crippen MR) is 141 cm³/mol. The highest BCUT2D eigenvalue weighted by atomic mass is 79.9. The van der Waals surface area contributed by atoms with Crippen molar-refractivity contribution in [1.29, 1.82) is 0 Å². The van der Waals surface area contributed by atoms with Crippen LogP contribution in [-0.2, 0) is 0 Å². The van der Waals surface area contributed by atoms with Crippen molar-refractivity contribution in [3.63, 3.8) is 0 Å². The largest absolute Gasteiger partial charge is 0.338 e. The number of hydrogen-bond donors (Lipinski definition) is 1. The minimum absolute atomic E-state index is 0.0558. The Kier molecular flexibility index (Phi) is 7.02. The summed E-state index contributed by atoms with van der Waals surface area (Å²) < 4.78 is 2.12. The maximum Gasteiger partial charge on any atom is 0.338 e. The zero-order valence-corrected chi connectivity index (χ0v) is 21.8. The third kappa shape index (κ3) is 5.12. The number of nitrogens with zero attached hydrogens (tertiary/aromatic N) is 2. The van der Waals surface area contributed by atoms with Gasteiger partial charge in [-0.25, -0.2) is 9.80 Å². The number of rotatable bonds is 3. The Labute approximate surface area is 212 Å². The van der Waals surface area contributed by atoms with Crippen molar-refractivity contribution in [2.45, 2.75) is 63.5 Å². The van der Waals surface area contributed by atoms with Crippen molar-refractivity contribution < 1.29 is 4.79 Å². The molecule has 2 fully saturated rings. The van der Waals surface area contributed by atoms with E-state index in [2.05, 4.69) is 91.8 Å². The van der Waals surface area contributed by atoms with Crippen molar-refractivity contribution in [3.8, 4) is 0 Å². The van der Waals surface area contributed by atoms with Crippen molar-refractivity contribution in [3.05, 3.63) is 74.2 Å². The van der Waals surface area contributed by atoms with Gasteiger partial charge in [0, 0.05) is 20.9 Å². The molecule has 1 aliphatic heterocycles. The predicted octanol–water partition coefficient (Wildman–Crippen LogP) is 7.85. The molecule has 0 saturated heterocycles. The van der Waals surface area contributed by atoms with E-state index in [0.29, 0.717) is 0 Å². The number of halogens is 2. The van der Waals surface area contributed by atoms with Crippen molar-refractivity contribution in [2.75, 3.05) is 0 Å². The Morgan fingerprint density at radius 2 is 1.58 bits per heavy atom. The smallest absolute Gasteiger partial charge is 0.334 e. The highest BCUT2D eigenvalue weighted by Crippen LogP contribution is 2.44. The number of hydrazone groups is 1. The average Bonchev–Trinajstić information content (AvgIpc) is 3.23. The maximum atomic E-state index is 13.5. The molecule has 2 aromatic rings. The molecule has 3 aliphatic rings. The molecule has 6 heteroatoms. The molecule has 2 aliphatic carbocycles. The molecule has 0 aromatic heterocycles.